The van der Waals surface area contributed by atoms with Gasteiger partial charge in [0.25, 0.3) is 0 Å². The summed E-state index contributed by atoms with van der Waals surface area (Å²) in [6.07, 6.45) is 0. The van der Waals surface area contributed by atoms with Crippen LogP contribution in [0.25, 0.3) is 0 Å². The molecule has 170 valence electrons. The molecule has 0 saturated heterocycles. The zero-order valence-electron chi connectivity index (χ0n) is 9.65. The predicted octanol–water partition coefficient (Wildman–Crippen LogP) is -0.0225. The fourth-order valence-electron chi connectivity index (χ4n) is 0. The molecule has 0 aromatic rings. The Bertz CT molecular complexity index is 110. The first kappa shape index (κ1) is 183. The molecule has 0 aliphatic rings. The van der Waals surface area contributed by atoms with Gasteiger partial charge in [-0.1, -0.05) is 0 Å². The van der Waals surface area contributed by atoms with E-state index in [9.17, 15) is 0 Å². The average Bonchev–Trinajstić information content (AvgIpc) is 0. The maximum Gasteiger partial charge on any atom is 0 e. The molecule has 0 aliphatic carbocycles. The van der Waals surface area contributed by atoms with Gasteiger partial charge in [-0.2, -0.15) is 0 Å². The summed E-state index contributed by atoms with van der Waals surface area (Å²) in [5.41, 5.74) is 0. The van der Waals surface area contributed by atoms with Gasteiger partial charge in [0.15, 0.2) is 0 Å². The molecule has 0 aromatic heterocycles. The summed E-state index contributed by atoms with van der Waals surface area (Å²) in [5, 5.41) is 0. The van der Waals surface area contributed by atoms with Crippen LogP contribution in [0.4, 0.5) is 0 Å². The molecule has 0 fully saturated rings. The number of hydrogen-bond donors (Lipinski definition) is 0. The first-order valence-corrected chi connectivity index (χ1v) is 0. The van der Waals surface area contributed by atoms with Crippen molar-refractivity contribution in [1.29, 1.82) is 0 Å². The molecule has 24 heteroatoms. The molecule has 0 unspecified atom stereocenters. The van der Waals surface area contributed by atoms with Crippen molar-refractivity contribution in [2.75, 3.05) is 0 Å². The van der Waals surface area contributed by atoms with E-state index in [2.05, 4.69) is 0 Å². The minimum atomic E-state index is 0. The molecule has 0 atom stereocenters. The van der Waals surface area contributed by atoms with Crippen molar-refractivity contribution in [3.05, 3.63) is 0 Å². The maximum absolute atomic E-state index is 0. The van der Waals surface area contributed by atoms with E-state index in [0.29, 0.717) is 0 Å². The second kappa shape index (κ2) is 172. The van der Waals surface area contributed by atoms with E-state index in [1.807, 2.05) is 0 Å². The van der Waals surface area contributed by atoms with Crippen LogP contribution in [-0.2, 0) is 168 Å². The van der Waals surface area contributed by atoms with Crippen molar-refractivity contribution in [3.63, 3.8) is 0 Å². The molecular weight excluding hydrogens is 3060 g/mol. The van der Waals surface area contributed by atoms with Crippen molar-refractivity contribution in [2.24, 2.45) is 0 Å². The van der Waals surface area contributed by atoms with E-state index in [4.69, 9.17) is 0 Å². The molecular formula is CeCoCrCuDyErEuFeGdHoMnNdNiNpPmPrPuScSmTbTiTmUV. The van der Waals surface area contributed by atoms with Gasteiger partial charge < -0.3 is 0 Å². The third kappa shape index (κ3) is 161. The van der Waals surface area contributed by atoms with Crippen LogP contribution in [0, 0.1) is 573 Å². The molecule has 24 heavy (non-hydrogen) atoms. The summed E-state index contributed by atoms with van der Waals surface area (Å²) in [5.74, 6) is 0. The van der Waals surface area contributed by atoms with Crippen LogP contribution in [-0.4, -0.2) is 0 Å². The van der Waals surface area contributed by atoms with Gasteiger partial charge in [0.1, 0.15) is 0 Å². The fraction of sp³-hybridized carbons (Fsp3) is 0. The van der Waals surface area contributed by atoms with Crippen LogP contribution in [0.5, 0.6) is 0 Å². The molecule has 0 amide bonds. The Morgan fingerprint density at radius 2 is 1.00 bits per heavy atom. The van der Waals surface area contributed by atoms with E-state index in [-0.39, 0.29) is 741 Å². The molecule has 0 saturated carbocycles. The van der Waals surface area contributed by atoms with Gasteiger partial charge in [-0.3, -0.25) is 0 Å². The first-order chi connectivity index (χ1) is 0. The van der Waals surface area contributed by atoms with E-state index >= 15 is 0 Å². The van der Waals surface area contributed by atoms with Crippen LogP contribution >= 0.6 is 0 Å². The van der Waals surface area contributed by atoms with E-state index < -0.39 is 0 Å². The van der Waals surface area contributed by atoms with Crippen LogP contribution < -0.4 is 0 Å². The largest absolute Gasteiger partial charge is 0 e. The average molecular weight is 3060 g/mol. The molecule has 0 bridgehead atoms. The topological polar surface area (TPSA) is 0 Å². The van der Waals surface area contributed by atoms with Gasteiger partial charge in [0.05, 0.1) is 0 Å². The van der Waals surface area contributed by atoms with Gasteiger partial charge >= 0.3 is 0 Å². The zero-order chi connectivity index (χ0) is 0. The molecule has 0 aliphatic heterocycles. The maximum atomic E-state index is 0. The predicted molar refractivity (Wildman–Crippen MR) is 0 cm³/mol. The summed E-state index contributed by atoms with van der Waals surface area (Å²) in [6.45, 7) is 0. The Hall–Kier alpha value is 24.3. The summed E-state index contributed by atoms with van der Waals surface area (Å²) in [4.78, 5) is 0. The second-order valence-corrected chi connectivity index (χ2v) is 0. The van der Waals surface area contributed by atoms with Crippen molar-refractivity contribution in [1.82, 2.24) is 0 Å². The Morgan fingerprint density at radius 3 is 1.00 bits per heavy atom. The van der Waals surface area contributed by atoms with Crippen LogP contribution in [0.2, 0.25) is 0 Å². The van der Waals surface area contributed by atoms with Gasteiger partial charge in [-0.05, 0) is 0 Å². The minimum Gasteiger partial charge on any atom is 0 e. The third-order valence-electron chi connectivity index (χ3n) is 0. The van der Waals surface area contributed by atoms with Crippen LogP contribution in [0.3, 0.4) is 0 Å². The van der Waals surface area contributed by atoms with Gasteiger partial charge in [-0.15, -0.1) is 0 Å². The van der Waals surface area contributed by atoms with Gasteiger partial charge in [0, 0.05) is 741 Å². The minimum absolute atomic E-state index is 0. The van der Waals surface area contributed by atoms with E-state index in [0.717, 1.165) is 0 Å². The smallest absolute Gasteiger partial charge is 0 e. The summed E-state index contributed by atoms with van der Waals surface area (Å²) in [6, 6.07) is 0. The van der Waals surface area contributed by atoms with E-state index in [1.165, 1.54) is 0 Å². The summed E-state index contributed by atoms with van der Waals surface area (Å²) >= 11 is 0. The fourth-order valence-corrected chi connectivity index (χ4v) is 0. The quantitative estimate of drug-likeness (QED) is 0.300. The SMILES string of the molecule is [Ce].[Co].[Cr].[Cu].[Dy].[Er].[Eu].[Fe].[Gd].[Ho].[Mn].[Nd].[Ni].[Np].[Pm].[Pr].[Pu].[Sc].[Sm].[Tb].[Ti].[Tm].[U].[V]. The Kier molecular flexibility index (Phi) is 1310. The van der Waals surface area contributed by atoms with Crippen LogP contribution in [0.15, 0.2) is 0 Å². The molecule has 0 N–H and O–H groups in total. The normalized spacial score (nSPS) is 0. The van der Waals surface area contributed by atoms with Crippen molar-refractivity contribution < 1.29 is 741 Å². The summed E-state index contributed by atoms with van der Waals surface area (Å²) < 4.78 is 0. The molecule has 0 rings (SSSR count). The molecule has 12 radical (unpaired) electrons. The molecule has 0 spiro atoms. The Labute approximate surface area is 712 Å². The standard InChI is InChI=1S/Ce.Co.Cr.Cu.Dy.Er.Eu.Fe.Gd.Ho.Mn.Nd.Ni.Np.Pm.Pr.Pu.Sc.Sm.Tb.Ti.Tm.U.V. The van der Waals surface area contributed by atoms with Gasteiger partial charge in [-0.25, -0.2) is 0 Å². The van der Waals surface area contributed by atoms with Crippen molar-refractivity contribution in [2.45, 2.75) is 0 Å². The molecule has 0 nitrogen and oxygen atoms in total. The van der Waals surface area contributed by atoms with Crippen molar-refractivity contribution >= 4 is 0 Å². The molecule has 0 aromatic carbocycles. The zero-order valence-corrected chi connectivity index (χ0v) is 62.2. The Balaban J connectivity index is 0. The number of hydrogen-bond acceptors (Lipinski definition) is 0. The Morgan fingerprint density at radius 1 is 1.00 bits per heavy atom. The third-order valence-corrected chi connectivity index (χ3v) is 0. The van der Waals surface area contributed by atoms with E-state index in [1.54, 1.807) is 0 Å². The summed E-state index contributed by atoms with van der Waals surface area (Å²) in [7, 11) is 0. The number of rotatable bonds is 0. The monoisotopic (exact) mass is 3050 g/mol. The van der Waals surface area contributed by atoms with Gasteiger partial charge in [0.2, 0.25) is 0 Å². The van der Waals surface area contributed by atoms with Crippen molar-refractivity contribution in [3.8, 4) is 0 Å². The van der Waals surface area contributed by atoms with Crippen LogP contribution in [0.1, 0.15) is 0 Å². The first-order valence-electron chi connectivity index (χ1n) is 0. The molecule has 0 heterocycles. The second-order valence-electron chi connectivity index (χ2n) is 0.